The van der Waals surface area contributed by atoms with Crippen LogP contribution in [0.15, 0.2) is 30.3 Å². The third-order valence-electron chi connectivity index (χ3n) is 5.10. The molecule has 1 aromatic carbocycles. The van der Waals surface area contributed by atoms with E-state index in [-0.39, 0.29) is 24.4 Å². The number of nitrogens with one attached hydrogen (secondary N) is 2. The Morgan fingerprint density at radius 3 is 2.48 bits per heavy atom. The van der Waals surface area contributed by atoms with Gasteiger partial charge in [-0.05, 0) is 25.8 Å². The molecule has 1 saturated heterocycles. The molecule has 0 unspecified atom stereocenters. The molecule has 148 valence electrons. The maximum atomic E-state index is 12.7. The van der Waals surface area contributed by atoms with Crippen LogP contribution in [0.3, 0.4) is 0 Å². The van der Waals surface area contributed by atoms with Gasteiger partial charge in [-0.1, -0.05) is 69.4 Å². The minimum Gasteiger partial charge on any atom is -0.348 e. The van der Waals surface area contributed by atoms with E-state index in [2.05, 4.69) is 17.6 Å². The molecule has 0 spiro atoms. The summed E-state index contributed by atoms with van der Waals surface area (Å²) in [6, 6.07) is 8.89. The van der Waals surface area contributed by atoms with Crippen molar-refractivity contribution in [1.82, 2.24) is 15.5 Å². The smallest absolute Gasteiger partial charge is 0.325 e. The van der Waals surface area contributed by atoms with Gasteiger partial charge in [0.1, 0.15) is 12.1 Å². The summed E-state index contributed by atoms with van der Waals surface area (Å²) >= 11 is 0. The lowest BCUT2D eigenvalue weighted by molar-refractivity contribution is -0.135. The van der Waals surface area contributed by atoms with Gasteiger partial charge in [-0.3, -0.25) is 14.5 Å². The molecule has 4 amide bonds. The van der Waals surface area contributed by atoms with Gasteiger partial charge in [0.05, 0.1) is 6.04 Å². The van der Waals surface area contributed by atoms with Gasteiger partial charge in [-0.15, -0.1) is 0 Å². The van der Waals surface area contributed by atoms with Crippen LogP contribution in [-0.4, -0.2) is 34.8 Å². The van der Waals surface area contributed by atoms with Crippen LogP contribution in [0.25, 0.3) is 0 Å². The van der Waals surface area contributed by atoms with Crippen LogP contribution in [0.4, 0.5) is 4.79 Å². The molecule has 0 aliphatic carbocycles. The lowest BCUT2D eigenvalue weighted by atomic mass is 9.94. The molecule has 27 heavy (non-hydrogen) atoms. The number of urea groups is 1. The highest BCUT2D eigenvalue weighted by Crippen LogP contribution is 2.24. The van der Waals surface area contributed by atoms with E-state index >= 15 is 0 Å². The third-order valence-corrected chi connectivity index (χ3v) is 5.10. The average molecular weight is 373 g/mol. The molecular weight excluding hydrogens is 342 g/mol. The first-order valence-electron chi connectivity index (χ1n) is 9.86. The molecule has 1 heterocycles. The van der Waals surface area contributed by atoms with E-state index in [1.807, 2.05) is 37.3 Å². The van der Waals surface area contributed by atoms with Crippen molar-refractivity contribution in [2.75, 3.05) is 6.54 Å². The Labute approximate surface area is 161 Å². The Hall–Kier alpha value is -2.37. The number of nitrogens with zero attached hydrogens (tertiary/aromatic N) is 1. The number of unbranched alkanes of at least 4 members (excludes halogenated alkanes) is 4. The van der Waals surface area contributed by atoms with Crippen molar-refractivity contribution in [2.45, 2.75) is 70.9 Å². The molecule has 6 heteroatoms. The summed E-state index contributed by atoms with van der Waals surface area (Å²) in [7, 11) is 0. The number of benzene rings is 1. The fourth-order valence-corrected chi connectivity index (χ4v) is 3.40. The van der Waals surface area contributed by atoms with Gasteiger partial charge in [0.2, 0.25) is 5.91 Å². The van der Waals surface area contributed by atoms with Gasteiger partial charge in [-0.25, -0.2) is 4.79 Å². The van der Waals surface area contributed by atoms with Crippen molar-refractivity contribution in [1.29, 1.82) is 0 Å². The molecule has 6 nitrogen and oxygen atoms in total. The second-order valence-corrected chi connectivity index (χ2v) is 7.52. The van der Waals surface area contributed by atoms with Gasteiger partial charge in [-0.2, -0.15) is 0 Å². The molecule has 2 rings (SSSR count). The van der Waals surface area contributed by atoms with Crippen molar-refractivity contribution < 1.29 is 14.4 Å². The maximum Gasteiger partial charge on any atom is 0.325 e. The number of imide groups is 1. The molecule has 1 aliphatic rings. The van der Waals surface area contributed by atoms with Crippen molar-refractivity contribution in [2.24, 2.45) is 0 Å². The lowest BCUT2D eigenvalue weighted by Gasteiger charge is -2.22. The van der Waals surface area contributed by atoms with E-state index in [1.54, 1.807) is 6.92 Å². The van der Waals surface area contributed by atoms with Gasteiger partial charge < -0.3 is 10.6 Å². The number of amides is 4. The lowest BCUT2D eigenvalue weighted by Crippen LogP contribution is -2.45. The first-order valence-corrected chi connectivity index (χ1v) is 9.86. The van der Waals surface area contributed by atoms with Gasteiger partial charge >= 0.3 is 6.03 Å². The van der Waals surface area contributed by atoms with Gasteiger partial charge in [0.15, 0.2) is 0 Å². The van der Waals surface area contributed by atoms with E-state index < -0.39 is 11.6 Å². The highest BCUT2D eigenvalue weighted by molar-refractivity contribution is 6.08. The van der Waals surface area contributed by atoms with Crippen LogP contribution in [0, 0.1) is 0 Å². The molecule has 1 fully saturated rings. The second kappa shape index (κ2) is 9.53. The van der Waals surface area contributed by atoms with Crippen LogP contribution in [0.5, 0.6) is 0 Å². The van der Waals surface area contributed by atoms with E-state index in [0.717, 1.165) is 36.1 Å². The summed E-state index contributed by atoms with van der Waals surface area (Å²) in [6.07, 6.45) is 6.01. The normalized spacial score (nSPS) is 20.5. The molecule has 0 saturated carbocycles. The summed E-state index contributed by atoms with van der Waals surface area (Å²) in [5.41, 5.74) is 0.0641. The number of carbonyl (C=O) groups is 3. The number of hydrogen-bond donors (Lipinski definition) is 2. The monoisotopic (exact) mass is 373 g/mol. The topological polar surface area (TPSA) is 78.5 Å². The van der Waals surface area contributed by atoms with Crippen molar-refractivity contribution in [3.63, 3.8) is 0 Å². The molecule has 1 aromatic rings. The fourth-order valence-electron chi connectivity index (χ4n) is 3.40. The number of rotatable bonds is 10. The predicted molar refractivity (Wildman–Crippen MR) is 105 cm³/mol. The highest BCUT2D eigenvalue weighted by Gasteiger charge is 2.47. The fraction of sp³-hybridized carbons (Fsp3) is 0.571. The molecular formula is C21H31N3O3. The van der Waals surface area contributed by atoms with Crippen LogP contribution in [0.2, 0.25) is 0 Å². The molecule has 2 N–H and O–H groups in total. The van der Waals surface area contributed by atoms with Crippen LogP contribution in [-0.2, 0) is 9.59 Å². The Morgan fingerprint density at radius 1 is 1.15 bits per heavy atom. The van der Waals surface area contributed by atoms with Crippen LogP contribution >= 0.6 is 0 Å². The summed E-state index contributed by atoms with van der Waals surface area (Å²) in [6.45, 7) is 5.52. The third kappa shape index (κ3) is 5.55. The van der Waals surface area contributed by atoms with E-state index in [0.29, 0.717) is 6.42 Å². The van der Waals surface area contributed by atoms with E-state index in [1.165, 1.54) is 6.42 Å². The highest BCUT2D eigenvalue weighted by atomic mass is 16.2. The minimum absolute atomic E-state index is 0.190. The molecule has 0 aromatic heterocycles. The quantitative estimate of drug-likeness (QED) is 0.486. The summed E-state index contributed by atoms with van der Waals surface area (Å²) < 4.78 is 0. The van der Waals surface area contributed by atoms with Crippen LogP contribution in [0.1, 0.15) is 70.9 Å². The Morgan fingerprint density at radius 2 is 1.81 bits per heavy atom. The Bertz CT molecular complexity index is 662. The zero-order valence-corrected chi connectivity index (χ0v) is 16.6. The average Bonchev–Trinajstić information content (AvgIpc) is 2.85. The van der Waals surface area contributed by atoms with E-state index in [4.69, 9.17) is 0 Å². The first-order chi connectivity index (χ1) is 12.9. The van der Waals surface area contributed by atoms with Gasteiger partial charge in [0.25, 0.3) is 5.91 Å². The SMILES string of the molecule is CCCCCCC[C@]1(C)NC(=O)N(CC(=O)N[C@@H](C)c2ccccc2)C1=O. The second-order valence-electron chi connectivity index (χ2n) is 7.52. The molecule has 0 bridgehead atoms. The summed E-state index contributed by atoms with van der Waals surface area (Å²) in [4.78, 5) is 38.3. The van der Waals surface area contributed by atoms with E-state index in [9.17, 15) is 14.4 Å². The predicted octanol–water partition coefficient (Wildman–Crippen LogP) is 3.53. The zero-order chi connectivity index (χ0) is 19.9. The van der Waals surface area contributed by atoms with Crippen molar-refractivity contribution in [3.8, 4) is 0 Å². The Balaban J connectivity index is 1.87. The molecule has 2 atom stereocenters. The zero-order valence-electron chi connectivity index (χ0n) is 16.6. The van der Waals surface area contributed by atoms with Crippen molar-refractivity contribution in [3.05, 3.63) is 35.9 Å². The van der Waals surface area contributed by atoms with Crippen LogP contribution < -0.4 is 10.6 Å². The maximum absolute atomic E-state index is 12.7. The minimum atomic E-state index is -0.908. The summed E-state index contributed by atoms with van der Waals surface area (Å²) in [5.74, 6) is -0.660. The molecule has 1 aliphatic heterocycles. The standard InChI is InChI=1S/C21H31N3O3/c1-4-5-6-7-11-14-21(3)19(26)24(20(27)23-21)15-18(25)22-16(2)17-12-9-8-10-13-17/h8-10,12-13,16H,4-7,11,14-15H2,1-3H3,(H,22,25)(H,23,27)/t16-,21-/m0/s1. The van der Waals surface area contributed by atoms with Crippen molar-refractivity contribution >= 4 is 17.8 Å². The number of hydrogen-bond acceptors (Lipinski definition) is 3. The number of carbonyl (C=O) groups excluding carboxylic acids is 3. The summed E-state index contributed by atoms with van der Waals surface area (Å²) in [5, 5.41) is 5.61. The first kappa shape index (κ1) is 20.9. The largest absolute Gasteiger partial charge is 0.348 e. The van der Waals surface area contributed by atoms with Gasteiger partial charge in [0, 0.05) is 0 Å². The molecule has 0 radical (unpaired) electrons. The Kier molecular flexibility index (Phi) is 7.39.